The van der Waals surface area contributed by atoms with Gasteiger partial charge in [-0.3, -0.25) is 0 Å². The summed E-state index contributed by atoms with van der Waals surface area (Å²) < 4.78 is 6.01. The lowest BCUT2D eigenvalue weighted by atomic mass is 9.93. The van der Waals surface area contributed by atoms with E-state index in [-0.39, 0.29) is 6.10 Å². The average molecular weight is 275 g/mol. The predicted octanol–water partition coefficient (Wildman–Crippen LogP) is 4.21. The first-order chi connectivity index (χ1) is 9.15. The Labute approximate surface area is 117 Å². The minimum Gasteiger partial charge on any atom is -0.485 e. The SMILES string of the molecule is Cc1cc(Cl)ccc1C1C[C@@H](O)c2ccccc2O1. The molecule has 0 saturated carbocycles. The summed E-state index contributed by atoms with van der Waals surface area (Å²) in [7, 11) is 0. The van der Waals surface area contributed by atoms with Crippen molar-refractivity contribution < 1.29 is 9.84 Å². The van der Waals surface area contributed by atoms with E-state index in [1.165, 1.54) is 0 Å². The molecule has 0 radical (unpaired) electrons. The zero-order chi connectivity index (χ0) is 13.4. The van der Waals surface area contributed by atoms with E-state index in [0.717, 1.165) is 27.5 Å². The van der Waals surface area contributed by atoms with Gasteiger partial charge in [0, 0.05) is 17.0 Å². The highest BCUT2D eigenvalue weighted by atomic mass is 35.5. The number of halogens is 1. The van der Waals surface area contributed by atoms with Crippen LogP contribution in [0.5, 0.6) is 5.75 Å². The lowest BCUT2D eigenvalue weighted by Gasteiger charge is -2.30. The van der Waals surface area contributed by atoms with Crippen LogP contribution in [0.25, 0.3) is 0 Å². The first kappa shape index (κ1) is 12.5. The maximum absolute atomic E-state index is 10.2. The van der Waals surface area contributed by atoms with Crippen molar-refractivity contribution in [2.24, 2.45) is 0 Å². The number of aryl methyl sites for hydroxylation is 1. The zero-order valence-electron chi connectivity index (χ0n) is 10.6. The molecule has 3 heteroatoms. The van der Waals surface area contributed by atoms with Crippen LogP contribution in [-0.2, 0) is 0 Å². The highest BCUT2D eigenvalue weighted by Crippen LogP contribution is 2.41. The van der Waals surface area contributed by atoms with E-state index in [9.17, 15) is 5.11 Å². The summed E-state index contributed by atoms with van der Waals surface area (Å²) in [6.07, 6.45) is -0.0355. The van der Waals surface area contributed by atoms with Crippen LogP contribution in [-0.4, -0.2) is 5.11 Å². The number of benzene rings is 2. The molecule has 19 heavy (non-hydrogen) atoms. The number of fused-ring (bicyclic) bond motifs is 1. The molecule has 3 rings (SSSR count). The van der Waals surface area contributed by atoms with E-state index in [4.69, 9.17) is 16.3 Å². The van der Waals surface area contributed by atoms with Crippen molar-refractivity contribution in [1.29, 1.82) is 0 Å². The second-order valence-electron chi connectivity index (χ2n) is 4.90. The average Bonchev–Trinajstić information content (AvgIpc) is 2.38. The summed E-state index contributed by atoms with van der Waals surface area (Å²) in [6.45, 7) is 2.01. The molecule has 0 fully saturated rings. The van der Waals surface area contributed by atoms with Crippen LogP contribution in [0.4, 0.5) is 0 Å². The molecule has 0 aliphatic carbocycles. The summed E-state index contributed by atoms with van der Waals surface area (Å²) in [5.74, 6) is 0.764. The van der Waals surface area contributed by atoms with Gasteiger partial charge < -0.3 is 9.84 Å². The highest BCUT2D eigenvalue weighted by Gasteiger charge is 2.28. The van der Waals surface area contributed by atoms with Gasteiger partial charge in [0.25, 0.3) is 0 Å². The first-order valence-corrected chi connectivity index (χ1v) is 6.72. The summed E-state index contributed by atoms with van der Waals surface area (Å²) in [5.41, 5.74) is 3.03. The Morgan fingerprint density at radius 3 is 2.74 bits per heavy atom. The molecule has 2 atom stereocenters. The maximum atomic E-state index is 10.2. The van der Waals surface area contributed by atoms with Gasteiger partial charge in [-0.05, 0) is 36.2 Å². The van der Waals surface area contributed by atoms with Gasteiger partial charge in [-0.1, -0.05) is 35.9 Å². The Morgan fingerprint density at radius 1 is 1.16 bits per heavy atom. The molecule has 2 nitrogen and oxygen atoms in total. The molecule has 0 aromatic heterocycles. The molecule has 1 heterocycles. The van der Waals surface area contributed by atoms with E-state index in [1.54, 1.807) is 0 Å². The number of aliphatic hydroxyl groups is 1. The fraction of sp³-hybridized carbons (Fsp3) is 0.250. The van der Waals surface area contributed by atoms with Crippen molar-refractivity contribution in [3.8, 4) is 5.75 Å². The third-order valence-corrected chi connectivity index (χ3v) is 3.80. The first-order valence-electron chi connectivity index (χ1n) is 6.35. The molecular weight excluding hydrogens is 260 g/mol. The fourth-order valence-electron chi connectivity index (χ4n) is 2.59. The van der Waals surface area contributed by atoms with Gasteiger partial charge in [-0.2, -0.15) is 0 Å². The number of para-hydroxylation sites is 1. The van der Waals surface area contributed by atoms with Gasteiger partial charge in [-0.15, -0.1) is 0 Å². The quantitative estimate of drug-likeness (QED) is 0.844. The highest BCUT2D eigenvalue weighted by molar-refractivity contribution is 6.30. The topological polar surface area (TPSA) is 29.5 Å². The number of ether oxygens (including phenoxy) is 1. The summed E-state index contributed by atoms with van der Waals surface area (Å²) in [4.78, 5) is 0. The largest absolute Gasteiger partial charge is 0.485 e. The summed E-state index contributed by atoms with van der Waals surface area (Å²) in [6, 6.07) is 13.4. The van der Waals surface area contributed by atoms with Crippen LogP contribution in [0.1, 0.15) is 35.3 Å². The molecule has 0 spiro atoms. The van der Waals surface area contributed by atoms with Crippen molar-refractivity contribution in [1.82, 2.24) is 0 Å². The number of hydrogen-bond acceptors (Lipinski definition) is 2. The van der Waals surface area contributed by atoms with Crippen LogP contribution < -0.4 is 4.74 Å². The lowest BCUT2D eigenvalue weighted by molar-refractivity contribution is 0.0655. The third-order valence-electron chi connectivity index (χ3n) is 3.56. The molecule has 1 aliphatic rings. The molecule has 1 aliphatic heterocycles. The Kier molecular flexibility index (Phi) is 3.21. The summed E-state index contributed by atoms with van der Waals surface area (Å²) >= 11 is 5.98. The lowest BCUT2D eigenvalue weighted by Crippen LogP contribution is -2.19. The molecule has 98 valence electrons. The van der Waals surface area contributed by atoms with Gasteiger partial charge in [-0.25, -0.2) is 0 Å². The van der Waals surface area contributed by atoms with Crippen LogP contribution in [0, 0.1) is 6.92 Å². The second-order valence-corrected chi connectivity index (χ2v) is 5.33. The van der Waals surface area contributed by atoms with Crippen molar-refractivity contribution in [3.63, 3.8) is 0 Å². The van der Waals surface area contributed by atoms with Crippen molar-refractivity contribution in [2.75, 3.05) is 0 Å². The molecule has 1 N–H and O–H groups in total. The third kappa shape index (κ3) is 2.34. The van der Waals surface area contributed by atoms with E-state index in [2.05, 4.69) is 0 Å². The Hall–Kier alpha value is -1.51. The normalized spacial score (nSPS) is 21.6. The number of rotatable bonds is 1. The minimum absolute atomic E-state index is 0.123. The minimum atomic E-state index is -0.481. The van der Waals surface area contributed by atoms with Crippen LogP contribution in [0.3, 0.4) is 0 Å². The van der Waals surface area contributed by atoms with Gasteiger partial charge in [0.15, 0.2) is 0 Å². The van der Waals surface area contributed by atoms with Gasteiger partial charge in [0.2, 0.25) is 0 Å². The van der Waals surface area contributed by atoms with Crippen molar-refractivity contribution in [3.05, 3.63) is 64.2 Å². The van der Waals surface area contributed by atoms with Crippen molar-refractivity contribution >= 4 is 11.6 Å². The fourth-order valence-corrected chi connectivity index (χ4v) is 2.81. The maximum Gasteiger partial charge on any atom is 0.127 e. The molecule has 0 bridgehead atoms. The van der Waals surface area contributed by atoms with Gasteiger partial charge in [0.1, 0.15) is 11.9 Å². The Bertz CT molecular complexity index is 609. The van der Waals surface area contributed by atoms with Gasteiger partial charge >= 0.3 is 0 Å². The molecule has 2 aromatic rings. The molecule has 1 unspecified atom stereocenters. The molecular formula is C16H15ClO2. The van der Waals surface area contributed by atoms with E-state index in [1.807, 2.05) is 49.4 Å². The Morgan fingerprint density at radius 2 is 1.95 bits per heavy atom. The number of aliphatic hydroxyl groups excluding tert-OH is 1. The zero-order valence-corrected chi connectivity index (χ0v) is 11.4. The number of hydrogen-bond donors (Lipinski definition) is 1. The molecule has 0 saturated heterocycles. The van der Waals surface area contributed by atoms with Crippen LogP contribution in [0.15, 0.2) is 42.5 Å². The monoisotopic (exact) mass is 274 g/mol. The standard InChI is InChI=1S/C16H15ClO2/c1-10-8-11(17)6-7-12(10)16-9-14(18)13-4-2-3-5-15(13)19-16/h2-8,14,16,18H,9H2,1H3/t14-,16?/m1/s1. The molecule has 2 aromatic carbocycles. The van der Waals surface area contributed by atoms with Crippen LogP contribution >= 0.6 is 11.6 Å². The molecule has 0 amide bonds. The van der Waals surface area contributed by atoms with Crippen molar-refractivity contribution in [2.45, 2.75) is 25.6 Å². The summed E-state index contributed by atoms with van der Waals surface area (Å²) in [5, 5.41) is 11.0. The van der Waals surface area contributed by atoms with Crippen LogP contribution in [0.2, 0.25) is 5.02 Å². The van der Waals surface area contributed by atoms with E-state index < -0.39 is 6.10 Å². The van der Waals surface area contributed by atoms with Gasteiger partial charge in [0.05, 0.1) is 6.10 Å². The Balaban J connectivity index is 1.97. The van der Waals surface area contributed by atoms with E-state index >= 15 is 0 Å². The smallest absolute Gasteiger partial charge is 0.127 e. The predicted molar refractivity (Wildman–Crippen MR) is 75.6 cm³/mol. The van der Waals surface area contributed by atoms with E-state index in [0.29, 0.717) is 6.42 Å². The second kappa shape index (κ2) is 4.87.